The van der Waals surface area contributed by atoms with Crippen LogP contribution in [0.25, 0.3) is 0 Å². The molecule has 30 heavy (non-hydrogen) atoms. The first-order chi connectivity index (χ1) is 14.5. The van der Waals surface area contributed by atoms with E-state index in [2.05, 4.69) is 10.6 Å². The lowest BCUT2D eigenvalue weighted by Gasteiger charge is -2.24. The van der Waals surface area contributed by atoms with Gasteiger partial charge in [0.05, 0.1) is 19.8 Å². The third-order valence-corrected chi connectivity index (χ3v) is 4.79. The van der Waals surface area contributed by atoms with Crippen molar-refractivity contribution in [2.24, 2.45) is 0 Å². The number of nitrogens with one attached hydrogen (secondary N) is 2. The SMILES string of the molecule is CC(CCC(=O)NC=O)N1Cc2c(NC(=O)COCCOCCCl)cccc2C1=O. The minimum atomic E-state index is -0.387. The second-order valence-electron chi connectivity index (χ2n) is 6.74. The molecule has 1 heterocycles. The van der Waals surface area contributed by atoms with E-state index in [1.165, 1.54) is 0 Å². The van der Waals surface area contributed by atoms with E-state index in [0.717, 1.165) is 5.56 Å². The Hall–Kier alpha value is -2.49. The van der Waals surface area contributed by atoms with Crippen LogP contribution in [-0.2, 0) is 30.4 Å². The third-order valence-electron chi connectivity index (χ3n) is 4.64. The van der Waals surface area contributed by atoms with Crippen molar-refractivity contribution in [2.45, 2.75) is 32.4 Å². The Balaban J connectivity index is 1.90. The first-order valence-corrected chi connectivity index (χ1v) is 10.2. The summed E-state index contributed by atoms with van der Waals surface area (Å²) in [5.41, 5.74) is 1.80. The summed E-state index contributed by atoms with van der Waals surface area (Å²) in [6.07, 6.45) is 0.895. The van der Waals surface area contributed by atoms with Gasteiger partial charge in [0.1, 0.15) is 6.61 Å². The van der Waals surface area contributed by atoms with Gasteiger partial charge in [-0.3, -0.25) is 24.5 Å². The van der Waals surface area contributed by atoms with Crippen molar-refractivity contribution in [3.8, 4) is 0 Å². The summed E-state index contributed by atoms with van der Waals surface area (Å²) in [4.78, 5) is 48.4. The van der Waals surface area contributed by atoms with Gasteiger partial charge >= 0.3 is 0 Å². The molecule has 164 valence electrons. The van der Waals surface area contributed by atoms with Gasteiger partial charge < -0.3 is 19.7 Å². The van der Waals surface area contributed by atoms with Crippen LogP contribution in [-0.4, -0.2) is 67.4 Å². The number of fused-ring (bicyclic) bond motifs is 1. The second-order valence-corrected chi connectivity index (χ2v) is 7.12. The number of carbonyl (C=O) groups excluding carboxylic acids is 4. The van der Waals surface area contributed by atoms with E-state index >= 15 is 0 Å². The Labute approximate surface area is 180 Å². The molecule has 1 aliphatic rings. The number of anilines is 1. The monoisotopic (exact) mass is 439 g/mol. The average molecular weight is 440 g/mol. The molecule has 0 aromatic heterocycles. The molecule has 9 nitrogen and oxygen atoms in total. The normalized spacial score (nSPS) is 13.7. The molecular weight excluding hydrogens is 414 g/mol. The zero-order valence-corrected chi connectivity index (χ0v) is 17.6. The van der Waals surface area contributed by atoms with E-state index in [1.54, 1.807) is 23.1 Å². The van der Waals surface area contributed by atoms with E-state index in [1.807, 2.05) is 6.92 Å². The molecule has 10 heteroatoms. The lowest BCUT2D eigenvalue weighted by atomic mass is 10.1. The van der Waals surface area contributed by atoms with E-state index in [4.69, 9.17) is 21.1 Å². The molecule has 0 saturated carbocycles. The molecule has 0 fully saturated rings. The van der Waals surface area contributed by atoms with E-state index in [0.29, 0.717) is 49.7 Å². The van der Waals surface area contributed by atoms with Gasteiger partial charge in [0.25, 0.3) is 5.91 Å². The Kier molecular flexibility index (Phi) is 9.72. The molecule has 0 spiro atoms. The summed E-state index contributed by atoms with van der Waals surface area (Å²) in [5, 5.41) is 4.87. The molecule has 1 aromatic carbocycles. The largest absolute Gasteiger partial charge is 0.378 e. The van der Waals surface area contributed by atoms with Crippen LogP contribution >= 0.6 is 11.6 Å². The number of hydrogen-bond acceptors (Lipinski definition) is 6. The lowest BCUT2D eigenvalue weighted by molar-refractivity contribution is -0.125. The van der Waals surface area contributed by atoms with Gasteiger partial charge in [-0.2, -0.15) is 0 Å². The van der Waals surface area contributed by atoms with Gasteiger partial charge in [0.2, 0.25) is 18.2 Å². The predicted octanol–water partition coefficient (Wildman–Crippen LogP) is 1.29. The third kappa shape index (κ3) is 6.79. The molecule has 2 rings (SSSR count). The summed E-state index contributed by atoms with van der Waals surface area (Å²) in [5.74, 6) is -0.468. The van der Waals surface area contributed by atoms with Gasteiger partial charge in [-0.15, -0.1) is 11.6 Å². The molecule has 0 saturated heterocycles. The van der Waals surface area contributed by atoms with Crippen LogP contribution in [0.2, 0.25) is 0 Å². The van der Waals surface area contributed by atoms with E-state index in [-0.39, 0.29) is 43.4 Å². The standard InChI is InChI=1S/C20H26ClN3O6/c1-14(5-6-18(26)22-13-25)24-11-16-15(20(24)28)3-2-4-17(16)23-19(27)12-30-10-9-29-8-7-21/h2-4,13-14H,5-12H2,1H3,(H,23,27)(H,22,25,26). The van der Waals surface area contributed by atoms with Crippen LogP contribution in [0.15, 0.2) is 18.2 Å². The fourth-order valence-electron chi connectivity index (χ4n) is 3.09. The van der Waals surface area contributed by atoms with Crippen molar-refractivity contribution in [3.63, 3.8) is 0 Å². The lowest BCUT2D eigenvalue weighted by Crippen LogP contribution is -2.34. The molecule has 4 amide bonds. The molecule has 0 bridgehead atoms. The Morgan fingerprint density at radius 3 is 2.73 bits per heavy atom. The number of ether oxygens (including phenoxy) is 2. The highest BCUT2D eigenvalue weighted by atomic mass is 35.5. The molecule has 0 radical (unpaired) electrons. The maximum atomic E-state index is 12.8. The van der Waals surface area contributed by atoms with E-state index in [9.17, 15) is 19.2 Å². The maximum absolute atomic E-state index is 12.8. The number of halogens is 1. The van der Waals surface area contributed by atoms with Gasteiger partial charge in [-0.05, 0) is 25.5 Å². The van der Waals surface area contributed by atoms with Crippen LogP contribution in [0.3, 0.4) is 0 Å². The first kappa shape index (κ1) is 23.8. The fraction of sp³-hybridized carbons (Fsp3) is 0.500. The Morgan fingerprint density at radius 1 is 1.23 bits per heavy atom. The number of carbonyl (C=O) groups is 4. The second kappa shape index (κ2) is 12.3. The van der Waals surface area contributed by atoms with E-state index < -0.39 is 0 Å². The fourth-order valence-corrected chi connectivity index (χ4v) is 3.20. The highest BCUT2D eigenvalue weighted by Crippen LogP contribution is 2.31. The zero-order chi connectivity index (χ0) is 21.9. The maximum Gasteiger partial charge on any atom is 0.254 e. The van der Waals surface area contributed by atoms with Crippen molar-refractivity contribution in [3.05, 3.63) is 29.3 Å². The highest BCUT2D eigenvalue weighted by molar-refractivity contribution is 6.17. The van der Waals surface area contributed by atoms with Gasteiger partial charge in [0.15, 0.2) is 0 Å². The van der Waals surface area contributed by atoms with Crippen molar-refractivity contribution < 1.29 is 28.7 Å². The summed E-state index contributed by atoms with van der Waals surface area (Å²) in [7, 11) is 0. The molecule has 1 aromatic rings. The van der Waals surface area contributed by atoms with Gasteiger partial charge in [-0.1, -0.05) is 6.07 Å². The van der Waals surface area contributed by atoms with Gasteiger partial charge in [-0.25, -0.2) is 0 Å². The number of benzene rings is 1. The number of alkyl halides is 1. The molecule has 1 unspecified atom stereocenters. The minimum Gasteiger partial charge on any atom is -0.378 e. The van der Waals surface area contributed by atoms with Crippen LogP contribution in [0.1, 0.15) is 35.7 Å². The minimum absolute atomic E-state index is 0.131. The molecule has 0 aliphatic carbocycles. The summed E-state index contributed by atoms with van der Waals surface area (Å²) in [6, 6.07) is 4.95. The van der Waals surface area contributed by atoms with Crippen molar-refractivity contribution in [1.82, 2.24) is 10.2 Å². The predicted molar refractivity (Wildman–Crippen MR) is 110 cm³/mol. The van der Waals surface area contributed by atoms with Gasteiger partial charge in [0, 0.05) is 41.7 Å². The van der Waals surface area contributed by atoms with Crippen LogP contribution in [0.4, 0.5) is 5.69 Å². The number of hydrogen-bond donors (Lipinski definition) is 2. The number of amides is 4. The number of imide groups is 1. The van der Waals surface area contributed by atoms with Crippen LogP contribution in [0, 0.1) is 0 Å². The topological polar surface area (TPSA) is 114 Å². The van der Waals surface area contributed by atoms with Crippen LogP contribution in [0.5, 0.6) is 0 Å². The van der Waals surface area contributed by atoms with Crippen molar-refractivity contribution >= 4 is 41.4 Å². The summed E-state index contributed by atoms with van der Waals surface area (Å²) < 4.78 is 10.4. The van der Waals surface area contributed by atoms with Crippen molar-refractivity contribution in [1.29, 1.82) is 0 Å². The smallest absolute Gasteiger partial charge is 0.254 e. The molecule has 1 aliphatic heterocycles. The average Bonchev–Trinajstić information content (AvgIpc) is 3.07. The Morgan fingerprint density at radius 2 is 2.00 bits per heavy atom. The zero-order valence-electron chi connectivity index (χ0n) is 16.8. The molecule has 1 atom stereocenters. The first-order valence-electron chi connectivity index (χ1n) is 9.65. The molecular formula is C20H26ClN3O6. The van der Waals surface area contributed by atoms with Crippen molar-refractivity contribution in [2.75, 3.05) is 37.6 Å². The quantitative estimate of drug-likeness (QED) is 0.272. The Bertz CT molecular complexity index is 773. The molecule has 2 N–H and O–H groups in total. The number of rotatable bonds is 13. The highest BCUT2D eigenvalue weighted by Gasteiger charge is 2.32. The summed E-state index contributed by atoms with van der Waals surface area (Å²) >= 11 is 5.50. The van der Waals surface area contributed by atoms with Crippen LogP contribution < -0.4 is 10.6 Å². The number of nitrogens with zero attached hydrogens (tertiary/aromatic N) is 1. The summed E-state index contributed by atoms with van der Waals surface area (Å²) in [6.45, 7) is 3.10.